The molecule has 1 atom stereocenters. The van der Waals surface area contributed by atoms with Crippen LogP contribution in [0.2, 0.25) is 5.02 Å². The van der Waals surface area contributed by atoms with Gasteiger partial charge in [0.15, 0.2) is 0 Å². The van der Waals surface area contributed by atoms with Gasteiger partial charge >= 0.3 is 0 Å². The van der Waals surface area contributed by atoms with Gasteiger partial charge in [0.05, 0.1) is 12.5 Å². The average Bonchev–Trinajstić information content (AvgIpc) is 2.98. The van der Waals surface area contributed by atoms with Gasteiger partial charge in [-0.2, -0.15) is 0 Å². The Balaban J connectivity index is 1.99. The van der Waals surface area contributed by atoms with Crippen LogP contribution in [-0.4, -0.2) is 7.11 Å². The van der Waals surface area contributed by atoms with Gasteiger partial charge < -0.3 is 4.74 Å². The second-order valence-electron chi connectivity index (χ2n) is 4.05. The molecule has 0 amide bonds. The van der Waals surface area contributed by atoms with E-state index in [1.165, 1.54) is 9.40 Å². The molecule has 3 aromatic rings. The Hall–Kier alpha value is -0.740. The predicted molar refractivity (Wildman–Crippen MR) is 85.4 cm³/mol. The Morgan fingerprint density at radius 3 is 2.68 bits per heavy atom. The molecular weight excluding hydrogens is 319 g/mol. The third-order valence-electron chi connectivity index (χ3n) is 2.89. The number of thiophene rings is 2. The van der Waals surface area contributed by atoms with E-state index in [9.17, 15) is 0 Å². The summed E-state index contributed by atoms with van der Waals surface area (Å²) in [5.41, 5.74) is 0.915. The molecule has 98 valence electrons. The van der Waals surface area contributed by atoms with Crippen LogP contribution >= 0.6 is 45.9 Å². The fourth-order valence-corrected chi connectivity index (χ4v) is 4.74. The van der Waals surface area contributed by atoms with E-state index in [1.54, 1.807) is 35.8 Å². The van der Waals surface area contributed by atoms with E-state index < -0.39 is 0 Å². The summed E-state index contributed by atoms with van der Waals surface area (Å²) in [5.74, 6) is 0.741. The highest BCUT2D eigenvalue weighted by Crippen LogP contribution is 2.41. The number of ether oxygens (including phenoxy) is 1. The number of methoxy groups -OCH3 is 1. The summed E-state index contributed by atoms with van der Waals surface area (Å²) in [7, 11) is 1.62. The van der Waals surface area contributed by atoms with E-state index in [-0.39, 0.29) is 5.38 Å². The number of alkyl halides is 1. The Morgan fingerprint density at radius 1 is 1.16 bits per heavy atom. The van der Waals surface area contributed by atoms with E-state index >= 15 is 0 Å². The molecule has 0 spiro atoms. The molecular formula is C14H10Cl2OS2. The molecule has 2 heterocycles. The predicted octanol–water partition coefficient (Wildman–Crippen LogP) is 5.95. The molecule has 3 rings (SSSR count). The van der Waals surface area contributed by atoms with Crippen molar-refractivity contribution in [3.63, 3.8) is 0 Å². The van der Waals surface area contributed by atoms with Crippen molar-refractivity contribution >= 4 is 55.3 Å². The molecule has 2 aromatic heterocycles. The first kappa shape index (κ1) is 13.3. The highest BCUT2D eigenvalue weighted by molar-refractivity contribution is 7.27. The van der Waals surface area contributed by atoms with Gasteiger partial charge in [0.1, 0.15) is 5.75 Å². The number of hydrogen-bond donors (Lipinski definition) is 0. The van der Waals surface area contributed by atoms with Crippen LogP contribution < -0.4 is 4.74 Å². The molecule has 0 saturated heterocycles. The van der Waals surface area contributed by atoms with Crippen LogP contribution in [0.4, 0.5) is 0 Å². The van der Waals surface area contributed by atoms with Gasteiger partial charge in [0.25, 0.3) is 0 Å². The molecule has 19 heavy (non-hydrogen) atoms. The largest absolute Gasteiger partial charge is 0.497 e. The maximum Gasteiger partial charge on any atom is 0.120 e. The molecule has 0 saturated carbocycles. The second kappa shape index (κ2) is 5.33. The smallest absolute Gasteiger partial charge is 0.120 e. The van der Waals surface area contributed by atoms with Crippen LogP contribution in [0, 0.1) is 0 Å². The molecule has 1 aromatic carbocycles. The lowest BCUT2D eigenvalue weighted by atomic mass is 10.1. The molecule has 0 radical (unpaired) electrons. The first-order valence-corrected chi connectivity index (χ1v) is 8.14. The van der Waals surface area contributed by atoms with Crippen LogP contribution in [-0.2, 0) is 0 Å². The van der Waals surface area contributed by atoms with Gasteiger partial charge in [0, 0.05) is 19.3 Å². The van der Waals surface area contributed by atoms with Crippen molar-refractivity contribution in [2.75, 3.05) is 7.11 Å². The fraction of sp³-hybridized carbons (Fsp3) is 0.143. The Kier molecular flexibility index (Phi) is 3.72. The van der Waals surface area contributed by atoms with Crippen molar-refractivity contribution < 1.29 is 4.74 Å². The number of rotatable bonds is 3. The van der Waals surface area contributed by atoms with Gasteiger partial charge in [-0.1, -0.05) is 17.7 Å². The summed E-state index contributed by atoms with van der Waals surface area (Å²) in [6.45, 7) is 0. The zero-order chi connectivity index (χ0) is 13.4. The lowest BCUT2D eigenvalue weighted by molar-refractivity contribution is 0.414. The Morgan fingerprint density at radius 2 is 2.00 bits per heavy atom. The maximum absolute atomic E-state index is 6.55. The van der Waals surface area contributed by atoms with Gasteiger partial charge in [-0.15, -0.1) is 34.3 Å². The lowest BCUT2D eigenvalue weighted by Crippen LogP contribution is -1.92. The van der Waals surface area contributed by atoms with E-state index in [0.29, 0.717) is 5.02 Å². The lowest BCUT2D eigenvalue weighted by Gasteiger charge is -2.11. The molecule has 5 heteroatoms. The summed E-state index contributed by atoms with van der Waals surface area (Å²) >= 11 is 16.3. The second-order valence-corrected chi connectivity index (χ2v) is 6.95. The van der Waals surface area contributed by atoms with Gasteiger partial charge in [-0.25, -0.2) is 0 Å². The quantitative estimate of drug-likeness (QED) is 0.539. The standard InChI is InChI=1S/C14H10Cl2OS2/c1-17-8-2-3-9(10(15)6-8)14(16)13-7-12-11(19-13)4-5-18-12/h2-7,14H,1H3. The van der Waals surface area contributed by atoms with Crippen molar-refractivity contribution in [2.24, 2.45) is 0 Å². The molecule has 1 unspecified atom stereocenters. The minimum Gasteiger partial charge on any atom is -0.497 e. The normalized spacial score (nSPS) is 12.8. The van der Waals surface area contributed by atoms with Gasteiger partial charge in [-0.3, -0.25) is 0 Å². The van der Waals surface area contributed by atoms with Crippen molar-refractivity contribution in [2.45, 2.75) is 5.38 Å². The van der Waals surface area contributed by atoms with Gasteiger partial charge in [-0.05, 0) is 35.2 Å². The maximum atomic E-state index is 6.55. The molecule has 0 aliphatic rings. The van der Waals surface area contributed by atoms with Crippen LogP contribution in [0.3, 0.4) is 0 Å². The third-order valence-corrected chi connectivity index (χ3v) is 5.97. The average molecular weight is 329 g/mol. The summed E-state index contributed by atoms with van der Waals surface area (Å²) in [6.07, 6.45) is 0. The first-order chi connectivity index (χ1) is 9.19. The monoisotopic (exact) mass is 328 g/mol. The van der Waals surface area contributed by atoms with Crippen LogP contribution in [0.1, 0.15) is 15.8 Å². The van der Waals surface area contributed by atoms with Crippen molar-refractivity contribution in [1.29, 1.82) is 0 Å². The highest BCUT2D eigenvalue weighted by atomic mass is 35.5. The highest BCUT2D eigenvalue weighted by Gasteiger charge is 2.17. The molecule has 0 N–H and O–H groups in total. The SMILES string of the molecule is COc1ccc(C(Cl)c2cc3sccc3s2)c(Cl)c1. The summed E-state index contributed by atoms with van der Waals surface area (Å²) in [5, 5.41) is 2.51. The van der Waals surface area contributed by atoms with Gasteiger partial charge in [0.2, 0.25) is 0 Å². The van der Waals surface area contributed by atoms with Crippen LogP contribution in [0.15, 0.2) is 35.7 Å². The molecule has 0 aliphatic heterocycles. The molecule has 0 bridgehead atoms. The van der Waals surface area contributed by atoms with E-state index in [0.717, 1.165) is 16.2 Å². The van der Waals surface area contributed by atoms with E-state index in [4.69, 9.17) is 27.9 Å². The van der Waals surface area contributed by atoms with Crippen molar-refractivity contribution in [1.82, 2.24) is 0 Å². The van der Waals surface area contributed by atoms with E-state index in [1.807, 2.05) is 12.1 Å². The molecule has 0 fully saturated rings. The fourth-order valence-electron chi connectivity index (χ4n) is 1.90. The van der Waals surface area contributed by atoms with E-state index in [2.05, 4.69) is 17.5 Å². The number of hydrogen-bond acceptors (Lipinski definition) is 3. The Labute approximate surface area is 129 Å². The summed E-state index contributed by atoms with van der Waals surface area (Å²) < 4.78 is 7.69. The Bertz CT molecular complexity index is 689. The minimum absolute atomic E-state index is 0.219. The van der Waals surface area contributed by atoms with Crippen molar-refractivity contribution in [3.8, 4) is 5.75 Å². The van der Waals surface area contributed by atoms with Crippen molar-refractivity contribution in [3.05, 3.63) is 51.2 Å². The van der Waals surface area contributed by atoms with Crippen LogP contribution in [0.5, 0.6) is 5.75 Å². The molecule has 1 nitrogen and oxygen atoms in total. The summed E-state index contributed by atoms with van der Waals surface area (Å²) in [4.78, 5) is 1.12. The zero-order valence-electron chi connectivity index (χ0n) is 10.0. The molecule has 0 aliphatic carbocycles. The minimum atomic E-state index is -0.219. The number of fused-ring (bicyclic) bond motifs is 1. The number of benzene rings is 1. The topological polar surface area (TPSA) is 9.23 Å². The zero-order valence-corrected chi connectivity index (χ0v) is 13.2. The number of halogens is 2. The third kappa shape index (κ3) is 2.48. The van der Waals surface area contributed by atoms with Crippen LogP contribution in [0.25, 0.3) is 9.40 Å². The first-order valence-electron chi connectivity index (χ1n) is 5.63. The summed E-state index contributed by atoms with van der Waals surface area (Å²) in [6, 6.07) is 9.86.